The molecule has 6 nitrogen and oxygen atoms in total. The molecular weight excluding hydrogens is 431 g/mol. The molecule has 0 aromatic heterocycles. The van der Waals surface area contributed by atoms with Gasteiger partial charge in [0.2, 0.25) is 5.91 Å². The number of hydrogen-bond acceptors (Lipinski definition) is 5. The number of amides is 3. The molecule has 2 fully saturated rings. The average Bonchev–Trinajstić information content (AvgIpc) is 3.07. The number of carbonyl (C=O) groups excluding carboxylic acids is 3. The van der Waals surface area contributed by atoms with Crippen LogP contribution in [0.5, 0.6) is 5.75 Å². The zero-order valence-electron chi connectivity index (χ0n) is 17.5. The quantitative estimate of drug-likeness (QED) is 0.603. The number of ether oxygens (including phenoxy) is 1. The lowest BCUT2D eigenvalue weighted by atomic mass is 10.1. The number of imide groups is 1. The Hall–Kier alpha value is -3.13. The summed E-state index contributed by atoms with van der Waals surface area (Å²) in [5.74, 6) is -0.452. The molecule has 2 aromatic carbocycles. The number of benzene rings is 2. The van der Waals surface area contributed by atoms with Crippen LogP contribution < -0.4 is 4.74 Å². The first-order chi connectivity index (χ1) is 15.5. The second kappa shape index (κ2) is 9.99. The fraction of sp³-hybridized carbons (Fsp3) is 0.292. The summed E-state index contributed by atoms with van der Waals surface area (Å²) in [4.78, 5) is 40.7. The van der Waals surface area contributed by atoms with E-state index in [1.165, 1.54) is 12.1 Å². The highest BCUT2D eigenvalue weighted by molar-refractivity contribution is 8.18. The number of nitrogens with zero attached hydrogens (tertiary/aromatic N) is 2. The summed E-state index contributed by atoms with van der Waals surface area (Å²) in [5.41, 5.74) is 1.44. The maximum Gasteiger partial charge on any atom is 0.294 e. The summed E-state index contributed by atoms with van der Waals surface area (Å²) in [5, 5.41) is -0.448. The maximum absolute atomic E-state index is 13.1. The molecule has 0 spiro atoms. The molecule has 0 aliphatic carbocycles. The third-order valence-electron chi connectivity index (χ3n) is 5.39. The molecule has 0 saturated carbocycles. The Labute approximate surface area is 190 Å². The van der Waals surface area contributed by atoms with E-state index in [1.807, 2.05) is 0 Å². The zero-order chi connectivity index (χ0) is 22.5. The van der Waals surface area contributed by atoms with Gasteiger partial charge in [-0.2, -0.15) is 0 Å². The van der Waals surface area contributed by atoms with Crippen LogP contribution in [0.4, 0.5) is 9.18 Å². The van der Waals surface area contributed by atoms with Crippen molar-refractivity contribution in [1.82, 2.24) is 9.80 Å². The minimum Gasteiger partial charge on any atom is -0.488 e. The van der Waals surface area contributed by atoms with Crippen LogP contribution in [-0.2, 0) is 16.2 Å². The Bertz CT molecular complexity index is 1050. The predicted octanol–water partition coefficient (Wildman–Crippen LogP) is 4.45. The molecule has 0 radical (unpaired) electrons. The SMILES string of the molecule is O=C(CN1C(=O)S/C(=C\c2ccccc2OCc2ccc(F)cc2)C1=O)N1CCCCC1. The topological polar surface area (TPSA) is 66.9 Å². The number of hydrogen-bond donors (Lipinski definition) is 0. The van der Waals surface area contributed by atoms with Crippen molar-refractivity contribution in [3.63, 3.8) is 0 Å². The molecular formula is C24H23FN2O4S. The second-order valence-corrected chi connectivity index (χ2v) is 8.66. The number of likely N-dealkylation sites (tertiary alicyclic amines) is 1. The highest BCUT2D eigenvalue weighted by atomic mass is 32.2. The van der Waals surface area contributed by atoms with Gasteiger partial charge in [0.25, 0.3) is 11.1 Å². The van der Waals surface area contributed by atoms with Crippen molar-refractivity contribution in [2.24, 2.45) is 0 Å². The molecule has 32 heavy (non-hydrogen) atoms. The number of halogens is 1. The first kappa shape index (κ1) is 22.1. The highest BCUT2D eigenvalue weighted by Gasteiger charge is 2.37. The van der Waals surface area contributed by atoms with Crippen LogP contribution in [0.1, 0.15) is 30.4 Å². The van der Waals surface area contributed by atoms with Crippen molar-refractivity contribution in [2.45, 2.75) is 25.9 Å². The fourth-order valence-corrected chi connectivity index (χ4v) is 4.46. The van der Waals surface area contributed by atoms with Gasteiger partial charge in [0.05, 0.1) is 4.91 Å². The van der Waals surface area contributed by atoms with Crippen LogP contribution >= 0.6 is 11.8 Å². The van der Waals surface area contributed by atoms with E-state index in [-0.39, 0.29) is 29.8 Å². The smallest absolute Gasteiger partial charge is 0.294 e. The van der Waals surface area contributed by atoms with Crippen molar-refractivity contribution in [2.75, 3.05) is 19.6 Å². The second-order valence-electron chi connectivity index (χ2n) is 7.66. The molecule has 0 unspecified atom stereocenters. The van der Waals surface area contributed by atoms with Gasteiger partial charge in [-0.05, 0) is 60.9 Å². The van der Waals surface area contributed by atoms with Gasteiger partial charge >= 0.3 is 0 Å². The van der Waals surface area contributed by atoms with Crippen molar-refractivity contribution >= 4 is 34.9 Å². The fourth-order valence-electron chi connectivity index (χ4n) is 3.63. The van der Waals surface area contributed by atoms with E-state index >= 15 is 0 Å². The Kier molecular flexibility index (Phi) is 6.90. The molecule has 0 bridgehead atoms. The van der Waals surface area contributed by atoms with Gasteiger partial charge in [-0.1, -0.05) is 30.3 Å². The molecule has 0 atom stereocenters. The molecule has 4 rings (SSSR count). The van der Waals surface area contributed by atoms with E-state index < -0.39 is 11.1 Å². The first-order valence-corrected chi connectivity index (χ1v) is 11.3. The van der Waals surface area contributed by atoms with Gasteiger partial charge in [-0.15, -0.1) is 0 Å². The summed E-state index contributed by atoms with van der Waals surface area (Å²) in [6, 6.07) is 13.2. The van der Waals surface area contributed by atoms with Crippen LogP contribution in [0.15, 0.2) is 53.4 Å². The lowest BCUT2D eigenvalue weighted by Crippen LogP contribution is -2.44. The number of piperidine rings is 1. The normalized spacial score (nSPS) is 17.8. The lowest BCUT2D eigenvalue weighted by molar-refractivity contribution is -0.136. The van der Waals surface area contributed by atoms with Crippen molar-refractivity contribution in [3.8, 4) is 5.75 Å². The highest BCUT2D eigenvalue weighted by Crippen LogP contribution is 2.34. The zero-order valence-corrected chi connectivity index (χ0v) is 18.3. The molecule has 8 heteroatoms. The van der Waals surface area contributed by atoms with E-state index in [9.17, 15) is 18.8 Å². The van der Waals surface area contributed by atoms with Crippen molar-refractivity contribution in [3.05, 3.63) is 70.4 Å². The molecule has 2 aromatic rings. The largest absolute Gasteiger partial charge is 0.488 e. The van der Waals surface area contributed by atoms with E-state index in [0.29, 0.717) is 24.4 Å². The monoisotopic (exact) mass is 454 g/mol. The Balaban J connectivity index is 1.45. The number of rotatable bonds is 6. The van der Waals surface area contributed by atoms with Gasteiger partial charge in [-0.3, -0.25) is 19.3 Å². The third kappa shape index (κ3) is 5.19. The van der Waals surface area contributed by atoms with E-state index in [1.54, 1.807) is 47.4 Å². The standard InChI is InChI=1S/C24H23FN2O4S/c25-19-10-8-17(9-11-19)16-31-20-7-3-2-6-18(20)14-21-23(29)27(24(30)32-21)15-22(28)26-12-4-1-5-13-26/h2-3,6-11,14H,1,4-5,12-13,15-16H2/b21-14-. The van der Waals surface area contributed by atoms with Crippen LogP contribution in [0.25, 0.3) is 6.08 Å². The third-order valence-corrected chi connectivity index (χ3v) is 6.30. The molecule has 0 N–H and O–H groups in total. The molecule has 166 valence electrons. The van der Waals surface area contributed by atoms with Gasteiger partial charge < -0.3 is 9.64 Å². The Morgan fingerprint density at radius 3 is 2.50 bits per heavy atom. The summed E-state index contributed by atoms with van der Waals surface area (Å²) < 4.78 is 18.9. The molecule has 2 saturated heterocycles. The summed E-state index contributed by atoms with van der Waals surface area (Å²) in [6.45, 7) is 1.34. The van der Waals surface area contributed by atoms with Gasteiger partial charge in [0.15, 0.2) is 0 Å². The van der Waals surface area contributed by atoms with Crippen LogP contribution in [0, 0.1) is 5.82 Å². The number of carbonyl (C=O) groups is 3. The van der Waals surface area contributed by atoms with Crippen molar-refractivity contribution < 1.29 is 23.5 Å². The summed E-state index contributed by atoms with van der Waals surface area (Å²) in [6.07, 6.45) is 4.59. The maximum atomic E-state index is 13.1. The molecule has 3 amide bonds. The van der Waals surface area contributed by atoms with Gasteiger partial charge in [0.1, 0.15) is 24.7 Å². The minimum absolute atomic E-state index is 0.198. The first-order valence-electron chi connectivity index (χ1n) is 10.5. The van der Waals surface area contributed by atoms with E-state index in [2.05, 4.69) is 0 Å². The molecule has 2 aliphatic heterocycles. The lowest BCUT2D eigenvalue weighted by Gasteiger charge is -2.27. The predicted molar refractivity (Wildman–Crippen MR) is 120 cm³/mol. The minimum atomic E-state index is -0.473. The number of para-hydroxylation sites is 1. The molecule has 2 aliphatic rings. The van der Waals surface area contributed by atoms with Gasteiger partial charge in [0, 0.05) is 18.7 Å². The Morgan fingerprint density at radius 1 is 1.03 bits per heavy atom. The summed E-state index contributed by atoms with van der Waals surface area (Å²) in [7, 11) is 0. The average molecular weight is 455 g/mol. The van der Waals surface area contributed by atoms with Crippen LogP contribution in [0.3, 0.4) is 0 Å². The summed E-state index contributed by atoms with van der Waals surface area (Å²) >= 11 is 0.821. The van der Waals surface area contributed by atoms with Crippen LogP contribution in [0.2, 0.25) is 0 Å². The van der Waals surface area contributed by atoms with Crippen molar-refractivity contribution in [1.29, 1.82) is 0 Å². The number of thioether (sulfide) groups is 1. The van der Waals surface area contributed by atoms with Gasteiger partial charge in [-0.25, -0.2) is 4.39 Å². The molecule has 2 heterocycles. The Morgan fingerprint density at radius 2 is 1.75 bits per heavy atom. The van der Waals surface area contributed by atoms with Crippen LogP contribution in [-0.4, -0.2) is 46.5 Å². The van der Waals surface area contributed by atoms with E-state index in [0.717, 1.165) is 41.5 Å². The van der Waals surface area contributed by atoms with E-state index in [4.69, 9.17) is 4.74 Å².